The zero-order valence-electron chi connectivity index (χ0n) is 19.2. The van der Waals surface area contributed by atoms with Crippen LogP contribution in [0.1, 0.15) is 21.5 Å². The Labute approximate surface area is 227 Å². The molecule has 4 rings (SSSR count). The molecule has 1 atom stereocenters. The number of thiocarbonyl (C=S) groups is 1. The summed E-state index contributed by atoms with van der Waals surface area (Å²) in [5.41, 5.74) is 1.78. The summed E-state index contributed by atoms with van der Waals surface area (Å²) in [5, 5.41) is 19.7. The molecular formula is C27H20ClNO6S2. The molecule has 37 heavy (non-hydrogen) atoms. The molecule has 0 aromatic heterocycles. The summed E-state index contributed by atoms with van der Waals surface area (Å²) < 4.78 is 5.72. The third-order valence-electron chi connectivity index (χ3n) is 5.48. The van der Waals surface area contributed by atoms with E-state index in [9.17, 15) is 24.6 Å². The van der Waals surface area contributed by atoms with Gasteiger partial charge in [0.25, 0.3) is 5.91 Å². The number of rotatable bonds is 9. The van der Waals surface area contributed by atoms with Crippen molar-refractivity contribution in [2.45, 2.75) is 12.5 Å². The molecule has 1 saturated heterocycles. The molecule has 2 N–H and O–H groups in total. The lowest BCUT2D eigenvalue weighted by molar-refractivity contribution is -0.145. The zero-order chi connectivity index (χ0) is 26.5. The van der Waals surface area contributed by atoms with Crippen LogP contribution in [0.3, 0.4) is 0 Å². The number of nitrogens with zero attached hydrogens (tertiary/aromatic N) is 1. The number of carboxylic acid groups (broad SMARTS) is 1. The Morgan fingerprint density at radius 2 is 1.78 bits per heavy atom. The van der Waals surface area contributed by atoms with Crippen molar-refractivity contribution in [2.75, 3.05) is 6.61 Å². The van der Waals surface area contributed by atoms with E-state index in [-0.39, 0.29) is 28.9 Å². The normalized spacial score (nSPS) is 15.2. The zero-order valence-corrected chi connectivity index (χ0v) is 21.6. The SMILES string of the molecule is O=C(COc1ccc(/C=C2\SC(=S)N([C@@H](Cc3ccc(O)cc3)C(=O)O)C2=O)cc1)c1cccc(Cl)c1. The molecule has 10 heteroatoms. The fourth-order valence-corrected chi connectivity index (χ4v) is 5.15. The molecule has 0 aliphatic carbocycles. The Morgan fingerprint density at radius 1 is 1.08 bits per heavy atom. The minimum atomic E-state index is -1.18. The molecule has 3 aromatic rings. The van der Waals surface area contributed by atoms with Gasteiger partial charge in [-0.1, -0.05) is 72.0 Å². The summed E-state index contributed by atoms with van der Waals surface area (Å²) in [7, 11) is 0. The lowest BCUT2D eigenvalue weighted by Crippen LogP contribution is -2.45. The van der Waals surface area contributed by atoms with E-state index in [0.717, 1.165) is 16.7 Å². The number of carboxylic acids is 1. The lowest BCUT2D eigenvalue weighted by atomic mass is 10.0. The average molecular weight is 554 g/mol. The van der Waals surface area contributed by atoms with Crippen molar-refractivity contribution in [3.05, 3.63) is 99.4 Å². The van der Waals surface area contributed by atoms with E-state index in [4.69, 9.17) is 28.6 Å². The number of halogens is 1. The largest absolute Gasteiger partial charge is 0.508 e. The van der Waals surface area contributed by atoms with Gasteiger partial charge in [0, 0.05) is 17.0 Å². The van der Waals surface area contributed by atoms with E-state index in [0.29, 0.717) is 32.4 Å². The number of aliphatic carboxylic acids is 1. The van der Waals surface area contributed by atoms with Crippen molar-refractivity contribution in [2.24, 2.45) is 0 Å². The van der Waals surface area contributed by atoms with Gasteiger partial charge in [-0.05, 0) is 53.6 Å². The van der Waals surface area contributed by atoms with E-state index >= 15 is 0 Å². The monoisotopic (exact) mass is 553 g/mol. The minimum Gasteiger partial charge on any atom is -0.508 e. The summed E-state index contributed by atoms with van der Waals surface area (Å²) in [6.07, 6.45) is 1.66. The highest BCUT2D eigenvalue weighted by Crippen LogP contribution is 2.35. The predicted molar refractivity (Wildman–Crippen MR) is 146 cm³/mol. The number of ether oxygens (including phenoxy) is 1. The minimum absolute atomic E-state index is 0.0370. The van der Waals surface area contributed by atoms with Crippen LogP contribution in [0.25, 0.3) is 6.08 Å². The second-order valence-electron chi connectivity index (χ2n) is 8.07. The van der Waals surface area contributed by atoms with Gasteiger partial charge in [-0.2, -0.15) is 0 Å². The van der Waals surface area contributed by atoms with Crippen molar-refractivity contribution in [1.82, 2.24) is 4.90 Å². The van der Waals surface area contributed by atoms with E-state index in [2.05, 4.69) is 0 Å². The predicted octanol–water partition coefficient (Wildman–Crippen LogP) is 5.20. The highest BCUT2D eigenvalue weighted by atomic mass is 35.5. The summed E-state index contributed by atoms with van der Waals surface area (Å²) in [6.45, 7) is -0.157. The molecule has 0 bridgehead atoms. The van der Waals surface area contributed by atoms with Crippen LogP contribution < -0.4 is 4.74 Å². The molecule has 7 nitrogen and oxygen atoms in total. The van der Waals surface area contributed by atoms with Gasteiger partial charge in [0.2, 0.25) is 0 Å². The van der Waals surface area contributed by atoms with Crippen LogP contribution in [0.2, 0.25) is 5.02 Å². The lowest BCUT2D eigenvalue weighted by Gasteiger charge is -2.23. The van der Waals surface area contributed by atoms with E-state index < -0.39 is 17.9 Å². The Bertz CT molecular complexity index is 1390. The maximum absolute atomic E-state index is 13.1. The Balaban J connectivity index is 1.42. The summed E-state index contributed by atoms with van der Waals surface area (Å²) in [5.74, 6) is -1.35. The first-order valence-corrected chi connectivity index (χ1v) is 12.6. The fraction of sp³-hybridized carbons (Fsp3) is 0.111. The maximum Gasteiger partial charge on any atom is 0.327 e. The van der Waals surface area contributed by atoms with Crippen molar-refractivity contribution >= 4 is 63.6 Å². The number of aromatic hydroxyl groups is 1. The molecule has 1 aliphatic heterocycles. The molecule has 0 spiro atoms. The fourth-order valence-electron chi connectivity index (χ4n) is 3.60. The second kappa shape index (κ2) is 11.6. The average Bonchev–Trinajstić information content (AvgIpc) is 3.15. The third-order valence-corrected chi connectivity index (χ3v) is 7.05. The number of carbonyl (C=O) groups is 3. The molecule has 1 aliphatic rings. The van der Waals surface area contributed by atoms with Crippen LogP contribution in [-0.2, 0) is 16.0 Å². The topological polar surface area (TPSA) is 104 Å². The summed E-state index contributed by atoms with van der Waals surface area (Å²) in [6, 6.07) is 18.3. The summed E-state index contributed by atoms with van der Waals surface area (Å²) >= 11 is 12.3. The van der Waals surface area contributed by atoms with Gasteiger partial charge >= 0.3 is 5.97 Å². The third kappa shape index (κ3) is 6.56. The highest BCUT2D eigenvalue weighted by molar-refractivity contribution is 8.26. The number of phenolic OH excluding ortho intramolecular Hbond substituents is 1. The van der Waals surface area contributed by atoms with Gasteiger partial charge in [0.05, 0.1) is 4.91 Å². The quantitative estimate of drug-likeness (QED) is 0.211. The molecule has 0 unspecified atom stereocenters. The number of hydrogen-bond acceptors (Lipinski definition) is 7. The number of thioether (sulfide) groups is 1. The van der Waals surface area contributed by atoms with Gasteiger partial charge in [0.1, 0.15) is 21.9 Å². The summed E-state index contributed by atoms with van der Waals surface area (Å²) in [4.78, 5) is 38.8. The van der Waals surface area contributed by atoms with Crippen LogP contribution in [0.15, 0.2) is 77.7 Å². The first-order valence-electron chi connectivity index (χ1n) is 11.0. The first kappa shape index (κ1) is 26.4. The number of amides is 1. The Hall–Kier alpha value is -3.66. The van der Waals surface area contributed by atoms with Gasteiger partial charge < -0.3 is 14.9 Å². The molecule has 0 saturated carbocycles. The molecule has 1 heterocycles. The van der Waals surface area contributed by atoms with Gasteiger partial charge in [-0.25, -0.2) is 4.79 Å². The molecule has 1 amide bonds. The molecule has 188 valence electrons. The van der Waals surface area contributed by atoms with Crippen LogP contribution in [0.5, 0.6) is 11.5 Å². The highest BCUT2D eigenvalue weighted by Gasteiger charge is 2.40. The second-order valence-corrected chi connectivity index (χ2v) is 10.2. The smallest absolute Gasteiger partial charge is 0.327 e. The number of phenols is 1. The standard InChI is InChI=1S/C27H20ClNO6S2/c28-19-3-1-2-18(14-19)23(31)15-35-21-10-6-17(7-11-21)13-24-25(32)29(27(36)37-24)22(26(33)34)12-16-4-8-20(30)9-5-16/h1-11,13-14,22,30H,12,15H2,(H,33,34)/b24-13-/t22-/m0/s1. The number of Topliss-reactive ketones (excluding diaryl/α,β-unsaturated/α-hetero) is 1. The van der Waals surface area contributed by atoms with Crippen LogP contribution >= 0.6 is 35.6 Å². The van der Waals surface area contributed by atoms with Crippen molar-refractivity contribution in [3.8, 4) is 11.5 Å². The van der Waals surface area contributed by atoms with E-state index in [1.807, 2.05) is 0 Å². The van der Waals surface area contributed by atoms with E-state index in [1.165, 1.54) is 12.1 Å². The Morgan fingerprint density at radius 3 is 2.43 bits per heavy atom. The number of ketones is 1. The number of benzene rings is 3. The maximum atomic E-state index is 13.1. The van der Waals surface area contributed by atoms with E-state index in [1.54, 1.807) is 66.7 Å². The van der Waals surface area contributed by atoms with Crippen molar-refractivity contribution in [1.29, 1.82) is 0 Å². The first-order chi connectivity index (χ1) is 17.7. The van der Waals surface area contributed by atoms with Gasteiger partial charge in [-0.3, -0.25) is 14.5 Å². The van der Waals surface area contributed by atoms with Gasteiger partial charge in [-0.15, -0.1) is 0 Å². The molecular weight excluding hydrogens is 534 g/mol. The van der Waals surface area contributed by atoms with Crippen LogP contribution in [0, 0.1) is 0 Å². The van der Waals surface area contributed by atoms with Crippen LogP contribution in [-0.4, -0.2) is 49.7 Å². The molecule has 1 fully saturated rings. The van der Waals surface area contributed by atoms with Gasteiger partial charge in [0.15, 0.2) is 12.4 Å². The molecule has 0 radical (unpaired) electrons. The number of hydrogen-bond donors (Lipinski definition) is 2. The molecule has 3 aromatic carbocycles. The van der Waals surface area contributed by atoms with Crippen LogP contribution in [0.4, 0.5) is 0 Å². The van der Waals surface area contributed by atoms with Crippen molar-refractivity contribution in [3.63, 3.8) is 0 Å². The Kier molecular flexibility index (Phi) is 8.27. The van der Waals surface area contributed by atoms with Crippen molar-refractivity contribution < 1.29 is 29.3 Å². The number of carbonyl (C=O) groups excluding carboxylic acids is 2.